The van der Waals surface area contributed by atoms with E-state index in [1.807, 2.05) is 0 Å². The molecular formula is C21H31NO2. The minimum atomic E-state index is -0.173. The van der Waals surface area contributed by atoms with Crippen LogP contribution >= 0.6 is 0 Å². The van der Waals surface area contributed by atoms with Crippen LogP contribution in [0.2, 0.25) is 0 Å². The van der Waals surface area contributed by atoms with E-state index >= 15 is 0 Å². The first-order chi connectivity index (χ1) is 11.5. The van der Waals surface area contributed by atoms with Crippen molar-refractivity contribution in [3.63, 3.8) is 0 Å². The average molecular weight is 329 g/mol. The fourth-order valence-corrected chi connectivity index (χ4v) is 5.95. The molecule has 24 heavy (non-hydrogen) atoms. The molecule has 0 aromatic rings. The van der Waals surface area contributed by atoms with Gasteiger partial charge in [-0.05, 0) is 74.5 Å². The second-order valence-electron chi connectivity index (χ2n) is 8.76. The fraction of sp³-hybridized carbons (Fsp3) is 0.810. The molecule has 0 unspecified atom stereocenters. The van der Waals surface area contributed by atoms with Crippen molar-refractivity contribution in [2.75, 3.05) is 0 Å². The summed E-state index contributed by atoms with van der Waals surface area (Å²) in [7, 11) is 0. The lowest BCUT2D eigenvalue weighted by atomic mass is 9.49. The molecule has 0 aromatic carbocycles. The van der Waals surface area contributed by atoms with Crippen LogP contribution in [0.15, 0.2) is 11.6 Å². The molecule has 3 fully saturated rings. The third kappa shape index (κ3) is 3.18. The lowest BCUT2D eigenvalue weighted by Crippen LogP contribution is -2.52. The number of allylic oxidation sites excluding steroid dienone is 2. The topological polar surface area (TPSA) is 61.1 Å². The van der Waals surface area contributed by atoms with Crippen LogP contribution in [0.25, 0.3) is 0 Å². The van der Waals surface area contributed by atoms with Gasteiger partial charge in [0.1, 0.15) is 5.78 Å². The maximum atomic E-state index is 13.2. The van der Waals surface area contributed by atoms with Crippen LogP contribution in [0, 0.1) is 40.4 Å². The van der Waals surface area contributed by atoms with Gasteiger partial charge < -0.3 is 5.11 Å². The smallest absolute Gasteiger partial charge is 0.137 e. The number of carbonyl (C=O) groups excluding carboxylic acids is 1. The normalized spacial score (nSPS) is 45.3. The first kappa shape index (κ1) is 17.7. The standard InChI is InChI=1S/C21H31NO2/c1-14-3-4-15(10-12-22)5-8-19(24)20-18(14)7-6-16-13-17(23)9-11-21(16,20)2/h10,14,16-18,20,23H,3-9,11,13H2,1-2H3/b15-10+/t14-,16-,17+,18-,20+,21-/m0/s1. The monoisotopic (exact) mass is 329 g/mol. The zero-order valence-electron chi connectivity index (χ0n) is 15.1. The molecule has 0 heterocycles. The molecule has 0 saturated heterocycles. The van der Waals surface area contributed by atoms with Gasteiger partial charge in [-0.2, -0.15) is 5.26 Å². The molecule has 0 aliphatic heterocycles. The molecule has 0 bridgehead atoms. The molecule has 0 amide bonds. The third-order valence-corrected chi connectivity index (χ3v) is 7.45. The fourth-order valence-electron chi connectivity index (χ4n) is 5.95. The number of nitrogens with zero attached hydrogens (tertiary/aromatic N) is 1. The van der Waals surface area contributed by atoms with Crippen LogP contribution in [-0.2, 0) is 4.79 Å². The van der Waals surface area contributed by atoms with Gasteiger partial charge in [-0.15, -0.1) is 0 Å². The highest BCUT2D eigenvalue weighted by molar-refractivity contribution is 5.82. The van der Waals surface area contributed by atoms with Gasteiger partial charge in [-0.1, -0.05) is 19.4 Å². The number of Topliss-reactive ketones (excluding diaryl/α,β-unsaturated/α-hetero) is 1. The molecule has 3 saturated carbocycles. The number of carbonyl (C=O) groups is 1. The first-order valence-electron chi connectivity index (χ1n) is 9.74. The predicted molar refractivity (Wildman–Crippen MR) is 94.0 cm³/mol. The van der Waals surface area contributed by atoms with Gasteiger partial charge in [0.2, 0.25) is 0 Å². The molecular weight excluding hydrogens is 298 g/mol. The number of fused-ring (bicyclic) bond motifs is 3. The van der Waals surface area contributed by atoms with Crippen molar-refractivity contribution in [1.82, 2.24) is 0 Å². The second-order valence-corrected chi connectivity index (χ2v) is 8.76. The van der Waals surface area contributed by atoms with Gasteiger partial charge in [0.05, 0.1) is 12.2 Å². The number of nitriles is 1. The molecule has 3 aliphatic carbocycles. The Hall–Kier alpha value is -1.14. The maximum Gasteiger partial charge on any atom is 0.137 e. The number of hydrogen-bond donors (Lipinski definition) is 1. The van der Waals surface area contributed by atoms with E-state index in [4.69, 9.17) is 5.26 Å². The third-order valence-electron chi connectivity index (χ3n) is 7.45. The Balaban J connectivity index is 1.90. The summed E-state index contributed by atoms with van der Waals surface area (Å²) in [5.74, 6) is 2.08. The van der Waals surface area contributed by atoms with Crippen LogP contribution in [0.1, 0.15) is 71.6 Å². The Bertz CT molecular complexity index is 561. The molecule has 3 aliphatic rings. The number of ketones is 1. The summed E-state index contributed by atoms with van der Waals surface area (Å²) >= 11 is 0. The van der Waals surface area contributed by atoms with E-state index in [2.05, 4.69) is 19.9 Å². The second kappa shape index (κ2) is 7.00. The highest BCUT2D eigenvalue weighted by Gasteiger charge is 2.53. The van der Waals surface area contributed by atoms with Gasteiger partial charge >= 0.3 is 0 Å². The Labute approximate surface area is 146 Å². The van der Waals surface area contributed by atoms with Crippen molar-refractivity contribution in [2.24, 2.45) is 29.1 Å². The van der Waals surface area contributed by atoms with E-state index in [0.29, 0.717) is 30.0 Å². The van der Waals surface area contributed by atoms with E-state index in [9.17, 15) is 9.90 Å². The average Bonchev–Trinajstić information content (AvgIpc) is 2.61. The summed E-state index contributed by atoms with van der Waals surface area (Å²) in [5.41, 5.74) is 1.22. The van der Waals surface area contributed by atoms with E-state index < -0.39 is 0 Å². The van der Waals surface area contributed by atoms with Crippen molar-refractivity contribution in [3.05, 3.63) is 11.6 Å². The molecule has 3 nitrogen and oxygen atoms in total. The van der Waals surface area contributed by atoms with Crippen molar-refractivity contribution in [1.29, 1.82) is 5.26 Å². The van der Waals surface area contributed by atoms with Crippen LogP contribution in [-0.4, -0.2) is 17.0 Å². The van der Waals surface area contributed by atoms with Crippen molar-refractivity contribution in [3.8, 4) is 6.07 Å². The van der Waals surface area contributed by atoms with Crippen molar-refractivity contribution < 1.29 is 9.90 Å². The summed E-state index contributed by atoms with van der Waals surface area (Å²) < 4.78 is 0. The summed E-state index contributed by atoms with van der Waals surface area (Å²) in [6.45, 7) is 4.64. The minimum absolute atomic E-state index is 0.0664. The molecule has 0 radical (unpaired) electrons. The summed E-state index contributed by atoms with van der Waals surface area (Å²) in [5, 5.41) is 19.1. The van der Waals surface area contributed by atoms with Crippen molar-refractivity contribution >= 4 is 5.78 Å². The molecule has 3 heteroatoms. The Morgan fingerprint density at radius 2 is 2.00 bits per heavy atom. The molecule has 132 valence electrons. The van der Waals surface area contributed by atoms with E-state index in [1.165, 1.54) is 0 Å². The van der Waals surface area contributed by atoms with Gasteiger partial charge in [0, 0.05) is 18.4 Å². The summed E-state index contributed by atoms with van der Waals surface area (Å²) in [6, 6.07) is 2.15. The zero-order chi connectivity index (χ0) is 17.3. The molecule has 0 aromatic heterocycles. The molecule has 6 atom stereocenters. The highest BCUT2D eigenvalue weighted by atomic mass is 16.3. The number of aliphatic hydroxyl groups excluding tert-OH is 1. The lowest BCUT2D eigenvalue weighted by Gasteiger charge is -2.55. The largest absolute Gasteiger partial charge is 0.393 e. The quantitative estimate of drug-likeness (QED) is 0.670. The predicted octanol–water partition coefficient (Wildman–Crippen LogP) is 4.41. The number of aliphatic hydroxyl groups is 1. The summed E-state index contributed by atoms with van der Waals surface area (Å²) in [6.07, 6.45) is 9.88. The first-order valence-corrected chi connectivity index (χ1v) is 9.74. The Morgan fingerprint density at radius 1 is 1.21 bits per heavy atom. The highest BCUT2D eigenvalue weighted by Crippen LogP contribution is 2.58. The van der Waals surface area contributed by atoms with E-state index in [1.54, 1.807) is 6.08 Å². The van der Waals surface area contributed by atoms with Crippen LogP contribution in [0.4, 0.5) is 0 Å². The molecule has 0 spiro atoms. The van der Waals surface area contributed by atoms with Crippen LogP contribution in [0.3, 0.4) is 0 Å². The Kier molecular flexibility index (Phi) is 5.16. The SMILES string of the molecule is C[C@H]1CC/C(=C\C#N)CCC(=O)[C@H]2[C@H]1CC[C@H]1C[C@H](O)CC[C@@]12C. The van der Waals surface area contributed by atoms with Crippen molar-refractivity contribution in [2.45, 2.75) is 77.7 Å². The van der Waals surface area contributed by atoms with Gasteiger partial charge in [0.15, 0.2) is 0 Å². The summed E-state index contributed by atoms with van der Waals surface area (Å²) in [4.78, 5) is 13.2. The number of rotatable bonds is 0. The zero-order valence-corrected chi connectivity index (χ0v) is 15.1. The lowest BCUT2D eigenvalue weighted by molar-refractivity contribution is -0.143. The van der Waals surface area contributed by atoms with Gasteiger partial charge in [-0.25, -0.2) is 0 Å². The molecule has 1 N–H and O–H groups in total. The van der Waals surface area contributed by atoms with Crippen LogP contribution in [0.5, 0.6) is 0 Å². The van der Waals surface area contributed by atoms with Gasteiger partial charge in [-0.3, -0.25) is 4.79 Å². The van der Waals surface area contributed by atoms with Gasteiger partial charge in [0.25, 0.3) is 0 Å². The van der Waals surface area contributed by atoms with E-state index in [-0.39, 0.29) is 17.4 Å². The number of hydrogen-bond acceptors (Lipinski definition) is 3. The van der Waals surface area contributed by atoms with E-state index in [0.717, 1.165) is 56.9 Å². The maximum absolute atomic E-state index is 13.2. The van der Waals surface area contributed by atoms with Crippen LogP contribution < -0.4 is 0 Å². The molecule has 3 rings (SSSR count). The minimum Gasteiger partial charge on any atom is -0.393 e. The Morgan fingerprint density at radius 3 is 2.75 bits per heavy atom.